The van der Waals surface area contributed by atoms with Gasteiger partial charge in [0.15, 0.2) is 0 Å². The van der Waals surface area contributed by atoms with Crippen LogP contribution in [0.3, 0.4) is 0 Å². The van der Waals surface area contributed by atoms with Gasteiger partial charge in [0.05, 0.1) is 0 Å². The molecule has 0 aromatic heterocycles. The van der Waals surface area contributed by atoms with Crippen LogP contribution in [0.15, 0.2) is 12.7 Å². The third-order valence-corrected chi connectivity index (χ3v) is 0.684. The first kappa shape index (κ1) is 19.7. The summed E-state index contributed by atoms with van der Waals surface area (Å²) in [6.07, 6.45) is 1.27. The quantitative estimate of drug-likeness (QED) is 0.247. The molecule has 0 aliphatic rings. The van der Waals surface area contributed by atoms with Gasteiger partial charge in [0.2, 0.25) is 5.91 Å². The summed E-state index contributed by atoms with van der Waals surface area (Å²) in [5.74, 6) is -0.123. The summed E-state index contributed by atoms with van der Waals surface area (Å²) in [5, 5.41) is 2.71. The average molecular weight is 233 g/mol. The fourth-order valence-electron chi connectivity index (χ4n) is 0.421. The molecule has 0 atom stereocenters. The van der Waals surface area contributed by atoms with E-state index in [0.29, 0.717) is 0 Å². The Bertz CT molecular complexity index is 237. The first-order valence-corrected chi connectivity index (χ1v) is 4.60. The zero-order valence-electron chi connectivity index (χ0n) is 7.90. The Hall–Kier alpha value is 0.120. The van der Waals surface area contributed by atoms with Gasteiger partial charge in [-0.1, -0.05) is 6.58 Å². The first-order chi connectivity index (χ1) is 5.69. The van der Waals surface area contributed by atoms with E-state index in [2.05, 4.69) is 11.9 Å². The molecule has 0 saturated heterocycles. The molecule has 5 nitrogen and oxygen atoms in total. The van der Waals surface area contributed by atoms with Gasteiger partial charge in [0.1, 0.15) is 0 Å². The second-order valence-corrected chi connectivity index (χ2v) is 3.66. The maximum atomic E-state index is 10.6. The molecule has 0 spiro atoms. The Balaban J connectivity index is -0.000000209. The molecular weight excluding hydrogens is 217 g/mol. The SMILES string of the molecule is C=CC(=O)NC(C)(C)C.O=[SH](=O)O.[NaH]. The monoisotopic (exact) mass is 233 g/mol. The Labute approximate surface area is 108 Å². The van der Waals surface area contributed by atoms with Crippen molar-refractivity contribution in [2.45, 2.75) is 26.3 Å². The first-order valence-electron chi connectivity index (χ1n) is 3.47. The summed E-state index contributed by atoms with van der Waals surface area (Å²) in [4.78, 5) is 10.6. The number of amides is 1. The van der Waals surface area contributed by atoms with Crippen LogP contribution < -0.4 is 5.32 Å². The van der Waals surface area contributed by atoms with E-state index in [1.165, 1.54) is 6.08 Å². The minimum absolute atomic E-state index is 0. The van der Waals surface area contributed by atoms with Gasteiger partial charge in [-0.2, -0.15) is 0 Å². The molecule has 80 valence electrons. The Morgan fingerprint density at radius 3 is 1.79 bits per heavy atom. The standard InChI is InChI=1S/C7H13NO.Na.H2O3S.H/c1-5-6(9)8-7(2,3)4;;1-4(2)3;/h5H,1H2,2-4H3,(H,8,9);;4H,(H,1,2,3);. The zero-order chi connectivity index (χ0) is 11.1. The van der Waals surface area contributed by atoms with E-state index in [4.69, 9.17) is 13.0 Å². The number of carbonyl (C=O) groups is 1. The van der Waals surface area contributed by atoms with Crippen LogP contribution in [0.25, 0.3) is 0 Å². The van der Waals surface area contributed by atoms with Crippen molar-refractivity contribution >= 4 is 46.4 Å². The molecule has 0 aliphatic carbocycles. The van der Waals surface area contributed by atoms with Crippen molar-refractivity contribution < 1.29 is 17.8 Å². The molecule has 2 N–H and O–H groups in total. The number of rotatable bonds is 1. The molecule has 0 unspecified atom stereocenters. The van der Waals surface area contributed by atoms with Crippen LogP contribution in [0.4, 0.5) is 0 Å². The van der Waals surface area contributed by atoms with Crippen molar-refractivity contribution in [1.29, 1.82) is 0 Å². The van der Waals surface area contributed by atoms with E-state index >= 15 is 0 Å². The van der Waals surface area contributed by atoms with Gasteiger partial charge in [-0.15, -0.1) is 0 Å². The van der Waals surface area contributed by atoms with E-state index in [9.17, 15) is 4.79 Å². The van der Waals surface area contributed by atoms with Gasteiger partial charge in [-0.05, 0) is 26.8 Å². The van der Waals surface area contributed by atoms with Crippen LogP contribution >= 0.6 is 0 Å². The number of thiol groups is 1. The molecule has 0 fully saturated rings. The second-order valence-electron chi connectivity index (χ2n) is 3.18. The number of carbonyl (C=O) groups excluding carboxylic acids is 1. The summed E-state index contributed by atoms with van der Waals surface area (Å²) >= 11 is 0. The zero-order valence-corrected chi connectivity index (χ0v) is 8.80. The van der Waals surface area contributed by atoms with Gasteiger partial charge in [0, 0.05) is 5.54 Å². The predicted octanol–water partition coefficient (Wildman–Crippen LogP) is -0.491. The minimum atomic E-state index is -3.12. The van der Waals surface area contributed by atoms with Crippen molar-refractivity contribution in [2.24, 2.45) is 0 Å². The van der Waals surface area contributed by atoms with Gasteiger partial charge in [-0.25, -0.2) is 8.42 Å². The van der Waals surface area contributed by atoms with Crippen LogP contribution in [0.5, 0.6) is 0 Å². The topological polar surface area (TPSA) is 83.5 Å². The normalized spacial score (nSPS) is 9.21. The molecule has 0 aromatic rings. The Morgan fingerprint density at radius 2 is 1.71 bits per heavy atom. The number of hydrogen-bond acceptors (Lipinski definition) is 3. The van der Waals surface area contributed by atoms with Crippen LogP contribution in [-0.2, 0) is 15.8 Å². The van der Waals surface area contributed by atoms with E-state index in [-0.39, 0.29) is 41.0 Å². The summed E-state index contributed by atoms with van der Waals surface area (Å²) in [7, 11) is -3.12. The maximum absolute atomic E-state index is 10.6. The molecule has 0 aromatic carbocycles. The Kier molecular flexibility index (Phi) is 13.6. The van der Waals surface area contributed by atoms with Crippen LogP contribution in [0.2, 0.25) is 0 Å². The van der Waals surface area contributed by atoms with Crippen LogP contribution in [-0.4, -0.2) is 54.0 Å². The van der Waals surface area contributed by atoms with Crippen molar-refractivity contribution in [1.82, 2.24) is 5.32 Å². The van der Waals surface area contributed by atoms with Crippen molar-refractivity contribution in [3.63, 3.8) is 0 Å². The molecular formula is C7H16NNaO4S. The van der Waals surface area contributed by atoms with Crippen molar-refractivity contribution in [2.75, 3.05) is 0 Å². The average Bonchev–Trinajstić information content (AvgIpc) is 1.82. The molecule has 7 heteroatoms. The van der Waals surface area contributed by atoms with E-state index < -0.39 is 11.0 Å². The summed E-state index contributed by atoms with van der Waals surface area (Å²) < 4.78 is 24.2. The molecule has 0 heterocycles. The Morgan fingerprint density at radius 1 is 1.43 bits per heavy atom. The van der Waals surface area contributed by atoms with Crippen molar-refractivity contribution in [3.05, 3.63) is 12.7 Å². The molecule has 0 bridgehead atoms. The fourth-order valence-corrected chi connectivity index (χ4v) is 0.421. The molecule has 0 radical (unpaired) electrons. The summed E-state index contributed by atoms with van der Waals surface area (Å²) in [6, 6.07) is 0. The van der Waals surface area contributed by atoms with Crippen molar-refractivity contribution in [3.8, 4) is 0 Å². The van der Waals surface area contributed by atoms with E-state index in [0.717, 1.165) is 0 Å². The molecule has 0 saturated carbocycles. The summed E-state index contributed by atoms with van der Waals surface area (Å²) in [6.45, 7) is 9.11. The summed E-state index contributed by atoms with van der Waals surface area (Å²) in [5.41, 5.74) is -0.148. The number of hydrogen-bond donors (Lipinski definition) is 3. The molecule has 0 aliphatic heterocycles. The fraction of sp³-hybridized carbons (Fsp3) is 0.571. The molecule has 0 rings (SSSR count). The van der Waals surface area contributed by atoms with Gasteiger partial charge >= 0.3 is 29.6 Å². The van der Waals surface area contributed by atoms with Gasteiger partial charge in [-0.3, -0.25) is 9.35 Å². The van der Waals surface area contributed by atoms with E-state index in [1.54, 1.807) is 0 Å². The second kappa shape index (κ2) is 9.67. The predicted molar refractivity (Wildman–Crippen MR) is 58.2 cm³/mol. The third kappa shape index (κ3) is 29.6. The molecule has 14 heavy (non-hydrogen) atoms. The number of nitrogens with one attached hydrogen (secondary N) is 1. The van der Waals surface area contributed by atoms with Crippen LogP contribution in [0.1, 0.15) is 20.8 Å². The van der Waals surface area contributed by atoms with Gasteiger partial charge in [0.25, 0.3) is 11.0 Å². The van der Waals surface area contributed by atoms with E-state index in [1.807, 2.05) is 20.8 Å². The third-order valence-electron chi connectivity index (χ3n) is 0.684. The van der Waals surface area contributed by atoms with Crippen LogP contribution in [0, 0.1) is 0 Å². The molecule has 1 amide bonds. The van der Waals surface area contributed by atoms with Gasteiger partial charge < -0.3 is 5.32 Å².